The fourth-order valence-corrected chi connectivity index (χ4v) is 3.93. The molecule has 30 heavy (non-hydrogen) atoms. The van der Waals surface area contributed by atoms with E-state index in [2.05, 4.69) is 0 Å². The third-order valence-electron chi connectivity index (χ3n) is 5.15. The Kier molecular flexibility index (Phi) is 5.63. The molecule has 0 unspecified atom stereocenters. The second kappa shape index (κ2) is 7.81. The zero-order valence-corrected chi connectivity index (χ0v) is 17.5. The Morgan fingerprint density at radius 3 is 2.50 bits per heavy atom. The van der Waals surface area contributed by atoms with Crippen molar-refractivity contribution in [2.45, 2.75) is 70.0 Å². The van der Waals surface area contributed by atoms with Crippen molar-refractivity contribution in [3.8, 4) is 0 Å². The predicted octanol–water partition coefficient (Wildman–Crippen LogP) is 2.28. The van der Waals surface area contributed by atoms with Crippen molar-refractivity contribution >= 4 is 5.97 Å². The first-order chi connectivity index (χ1) is 14.1. The van der Waals surface area contributed by atoms with E-state index in [9.17, 15) is 9.18 Å². The van der Waals surface area contributed by atoms with Gasteiger partial charge < -0.3 is 33.2 Å². The number of hydrogen-bond acceptors (Lipinski definition) is 8. The van der Waals surface area contributed by atoms with Crippen molar-refractivity contribution in [2.24, 2.45) is 0 Å². The quantitative estimate of drug-likeness (QED) is 0.664. The summed E-state index contributed by atoms with van der Waals surface area (Å²) in [5.41, 5.74) is 0.741. The summed E-state index contributed by atoms with van der Waals surface area (Å²) >= 11 is 0. The molecule has 166 valence electrons. The molecule has 3 fully saturated rings. The highest BCUT2D eigenvalue weighted by atomic mass is 19.1. The molecule has 8 nitrogen and oxygen atoms in total. The van der Waals surface area contributed by atoms with Crippen LogP contribution in [-0.4, -0.2) is 61.5 Å². The Morgan fingerprint density at radius 2 is 1.83 bits per heavy atom. The molecule has 3 heterocycles. The van der Waals surface area contributed by atoms with Crippen LogP contribution in [0.4, 0.5) is 4.39 Å². The number of carbonyl (C=O) groups excluding carboxylic acids is 1. The normalized spacial score (nSPS) is 34.1. The average Bonchev–Trinajstić information content (AvgIpc) is 3.15. The van der Waals surface area contributed by atoms with Gasteiger partial charge in [-0.3, -0.25) is 0 Å². The summed E-state index contributed by atoms with van der Waals surface area (Å²) in [5.74, 6) is -3.97. The average molecular weight is 426 g/mol. The van der Waals surface area contributed by atoms with Gasteiger partial charge in [-0.05, 0) is 45.4 Å². The predicted molar refractivity (Wildman–Crippen MR) is 99.6 cm³/mol. The summed E-state index contributed by atoms with van der Waals surface area (Å²) in [4.78, 5) is 12.6. The highest BCUT2D eigenvalue weighted by molar-refractivity contribution is 5.71. The molecule has 0 aromatic heterocycles. The Hall–Kier alpha value is -1.62. The molecule has 0 amide bonds. The van der Waals surface area contributed by atoms with Crippen molar-refractivity contribution in [3.05, 3.63) is 35.6 Å². The first-order valence-corrected chi connectivity index (χ1v) is 9.93. The van der Waals surface area contributed by atoms with Crippen LogP contribution in [0.5, 0.6) is 0 Å². The van der Waals surface area contributed by atoms with Gasteiger partial charge in [0.25, 0.3) is 0 Å². The molecule has 3 aliphatic rings. The van der Waals surface area contributed by atoms with E-state index >= 15 is 0 Å². The molecule has 1 spiro atoms. The van der Waals surface area contributed by atoms with Gasteiger partial charge in [0, 0.05) is 0 Å². The van der Waals surface area contributed by atoms with E-state index < -0.39 is 41.6 Å². The summed E-state index contributed by atoms with van der Waals surface area (Å²) < 4.78 is 53.7. The molecule has 3 saturated heterocycles. The van der Waals surface area contributed by atoms with Gasteiger partial charge in [-0.2, -0.15) is 0 Å². The lowest BCUT2D eigenvalue weighted by atomic mass is 9.97. The Morgan fingerprint density at radius 1 is 1.10 bits per heavy atom. The third-order valence-corrected chi connectivity index (χ3v) is 5.15. The maximum atomic E-state index is 13.0. The van der Waals surface area contributed by atoms with Crippen LogP contribution in [0.1, 0.15) is 33.3 Å². The van der Waals surface area contributed by atoms with E-state index in [1.54, 1.807) is 39.8 Å². The molecule has 4 rings (SSSR count). The van der Waals surface area contributed by atoms with Gasteiger partial charge in [0.15, 0.2) is 17.7 Å². The molecule has 3 aliphatic heterocycles. The van der Waals surface area contributed by atoms with E-state index in [4.69, 9.17) is 33.2 Å². The standard InChI is InChI=1S/C21H27FO8/c1-19(2)26-12-21(30-19)18(17-15(10-25-21)28-20(3,4)29-17)27-16(23)11-24-9-13-5-7-14(22)8-6-13/h5-8,15,17-18H,9-12H2,1-4H3/t15-,17-,18+,21+/m1/s1. The summed E-state index contributed by atoms with van der Waals surface area (Å²) in [6, 6.07) is 5.84. The number of benzene rings is 1. The minimum atomic E-state index is -1.29. The molecule has 0 saturated carbocycles. The van der Waals surface area contributed by atoms with Gasteiger partial charge in [0.05, 0.1) is 13.2 Å². The molecule has 0 N–H and O–H groups in total. The largest absolute Gasteiger partial charge is 0.452 e. The minimum Gasteiger partial charge on any atom is -0.452 e. The highest BCUT2D eigenvalue weighted by Gasteiger charge is 2.64. The monoisotopic (exact) mass is 426 g/mol. The van der Waals surface area contributed by atoms with Gasteiger partial charge in [0.2, 0.25) is 5.79 Å². The lowest BCUT2D eigenvalue weighted by Gasteiger charge is -2.43. The molecular formula is C21H27FO8. The Bertz CT molecular complexity index is 778. The van der Waals surface area contributed by atoms with Gasteiger partial charge in [-0.25, -0.2) is 9.18 Å². The topological polar surface area (TPSA) is 81.7 Å². The maximum Gasteiger partial charge on any atom is 0.332 e. The number of ether oxygens (including phenoxy) is 7. The molecular weight excluding hydrogens is 399 g/mol. The first kappa shape index (κ1) is 21.6. The summed E-state index contributed by atoms with van der Waals surface area (Å²) in [7, 11) is 0. The van der Waals surface area contributed by atoms with Crippen molar-refractivity contribution in [2.75, 3.05) is 19.8 Å². The zero-order chi connectivity index (χ0) is 21.6. The number of halogens is 1. The number of hydrogen-bond donors (Lipinski definition) is 0. The minimum absolute atomic E-state index is 0.0847. The van der Waals surface area contributed by atoms with Crippen LogP contribution >= 0.6 is 0 Å². The van der Waals surface area contributed by atoms with Crippen LogP contribution in [0.15, 0.2) is 24.3 Å². The van der Waals surface area contributed by atoms with Crippen molar-refractivity contribution in [1.29, 1.82) is 0 Å². The lowest BCUT2D eigenvalue weighted by molar-refractivity contribution is -0.329. The van der Waals surface area contributed by atoms with E-state index in [0.29, 0.717) is 0 Å². The second-order valence-electron chi connectivity index (χ2n) is 8.58. The molecule has 0 aliphatic carbocycles. The molecule has 1 aromatic carbocycles. The Balaban J connectivity index is 1.42. The summed E-state index contributed by atoms with van der Waals surface area (Å²) in [6.07, 6.45) is -1.88. The van der Waals surface area contributed by atoms with Crippen LogP contribution in [0.3, 0.4) is 0 Å². The maximum absolute atomic E-state index is 13.0. The fraction of sp³-hybridized carbons (Fsp3) is 0.667. The van der Waals surface area contributed by atoms with Gasteiger partial charge >= 0.3 is 5.97 Å². The van der Waals surface area contributed by atoms with E-state index in [0.717, 1.165) is 5.56 Å². The second-order valence-corrected chi connectivity index (χ2v) is 8.58. The summed E-state index contributed by atoms with van der Waals surface area (Å²) in [5, 5.41) is 0. The number of rotatable bonds is 5. The van der Waals surface area contributed by atoms with E-state index in [-0.39, 0.29) is 32.2 Å². The van der Waals surface area contributed by atoms with Gasteiger partial charge in [0.1, 0.15) is 31.2 Å². The van der Waals surface area contributed by atoms with Gasteiger partial charge in [-0.1, -0.05) is 12.1 Å². The number of fused-ring (bicyclic) bond motifs is 1. The first-order valence-electron chi connectivity index (χ1n) is 9.93. The van der Waals surface area contributed by atoms with Gasteiger partial charge in [-0.15, -0.1) is 0 Å². The highest BCUT2D eigenvalue weighted by Crippen LogP contribution is 2.45. The van der Waals surface area contributed by atoms with Crippen LogP contribution < -0.4 is 0 Å². The van der Waals surface area contributed by atoms with E-state index in [1.807, 2.05) is 0 Å². The van der Waals surface area contributed by atoms with Crippen LogP contribution in [0.2, 0.25) is 0 Å². The van der Waals surface area contributed by atoms with Crippen molar-refractivity contribution < 1.29 is 42.3 Å². The molecule has 9 heteroatoms. The zero-order valence-electron chi connectivity index (χ0n) is 17.5. The third kappa shape index (κ3) is 4.51. The Labute approximate surface area is 174 Å². The SMILES string of the molecule is CC1(C)O[C@@H]2[C@@H](CO[C@]3(COC(C)(C)O3)[C@H]2OC(=O)COCc2ccc(F)cc2)O1. The van der Waals surface area contributed by atoms with Crippen LogP contribution in [0.25, 0.3) is 0 Å². The van der Waals surface area contributed by atoms with Crippen LogP contribution in [0, 0.1) is 5.82 Å². The summed E-state index contributed by atoms with van der Waals surface area (Å²) in [6.45, 7) is 7.26. The van der Waals surface area contributed by atoms with Crippen molar-refractivity contribution in [1.82, 2.24) is 0 Å². The molecule has 0 radical (unpaired) electrons. The van der Waals surface area contributed by atoms with Crippen LogP contribution in [-0.2, 0) is 44.6 Å². The number of carbonyl (C=O) groups is 1. The van der Waals surface area contributed by atoms with E-state index in [1.165, 1.54) is 12.1 Å². The smallest absolute Gasteiger partial charge is 0.332 e. The molecule has 4 atom stereocenters. The number of esters is 1. The fourth-order valence-electron chi connectivity index (χ4n) is 3.93. The lowest BCUT2D eigenvalue weighted by Crippen LogP contribution is -2.63. The molecule has 1 aromatic rings. The van der Waals surface area contributed by atoms with Crippen molar-refractivity contribution in [3.63, 3.8) is 0 Å². The molecule has 0 bridgehead atoms.